The van der Waals surface area contributed by atoms with Crippen LogP contribution in [0.4, 0.5) is 4.79 Å². The lowest BCUT2D eigenvalue weighted by atomic mass is 9.95. The van der Waals surface area contributed by atoms with Crippen LogP contribution in [0.25, 0.3) is 0 Å². The van der Waals surface area contributed by atoms with Gasteiger partial charge in [0.2, 0.25) is 0 Å². The number of carbonyl (C=O) groups is 2. The fraction of sp³-hybridized carbons (Fsp3) is 0.364. The summed E-state index contributed by atoms with van der Waals surface area (Å²) in [4.78, 5) is 27.3. The molecule has 0 spiro atoms. The van der Waals surface area contributed by atoms with Crippen LogP contribution in [0.2, 0.25) is 0 Å². The molecule has 2 aliphatic rings. The van der Waals surface area contributed by atoms with Gasteiger partial charge in [-0.25, -0.2) is 18.0 Å². The zero-order valence-electron chi connectivity index (χ0n) is 18.2. The molecule has 3 heterocycles. The molecule has 2 aromatic rings. The largest absolute Gasteiger partial charge is 0.463 e. The van der Waals surface area contributed by atoms with E-state index in [1.54, 1.807) is 24.4 Å². The summed E-state index contributed by atoms with van der Waals surface area (Å²) in [7, 11) is -3.50. The number of benzene rings is 1. The Labute approximate surface area is 197 Å². The van der Waals surface area contributed by atoms with E-state index in [1.807, 2.05) is 35.2 Å². The third kappa shape index (κ3) is 5.11. The summed E-state index contributed by atoms with van der Waals surface area (Å²) in [5, 5.41) is 7.34. The van der Waals surface area contributed by atoms with Gasteiger partial charge in [0.15, 0.2) is 0 Å². The fourth-order valence-electron chi connectivity index (χ4n) is 3.98. The van der Waals surface area contributed by atoms with Crippen molar-refractivity contribution in [2.24, 2.45) is 0 Å². The minimum Gasteiger partial charge on any atom is -0.463 e. The highest BCUT2D eigenvalue weighted by atomic mass is 32.2. The number of sulfonamides is 1. The van der Waals surface area contributed by atoms with Gasteiger partial charge >= 0.3 is 12.0 Å². The standard InChI is InChI=1S/C22H26N4O5S2/c1-2-31-21(27)19-17(23-22(28)24-20(19)16-7-4-3-5-8-16)15-25-10-12-26(13-11-25)33(29,30)18-9-6-14-32-18/h3-9,14,20H,2,10-13,15H2,1H3,(H2,23,24,28). The van der Waals surface area contributed by atoms with Crippen LogP contribution in [0, 0.1) is 0 Å². The first-order chi connectivity index (χ1) is 15.9. The van der Waals surface area contributed by atoms with E-state index in [-0.39, 0.29) is 6.61 Å². The summed E-state index contributed by atoms with van der Waals surface area (Å²) in [6.45, 7) is 3.86. The van der Waals surface area contributed by atoms with Crippen LogP contribution in [-0.4, -0.2) is 69.0 Å². The van der Waals surface area contributed by atoms with Gasteiger partial charge in [-0.05, 0) is 23.9 Å². The van der Waals surface area contributed by atoms with Gasteiger partial charge in [-0.2, -0.15) is 4.31 Å². The molecule has 1 unspecified atom stereocenters. The Balaban J connectivity index is 1.54. The zero-order chi connectivity index (χ0) is 23.4. The normalized spacial score (nSPS) is 20.3. The molecule has 2 aliphatic heterocycles. The minimum atomic E-state index is -3.50. The molecule has 1 atom stereocenters. The number of urea groups is 1. The molecule has 2 N–H and O–H groups in total. The molecule has 4 rings (SSSR count). The van der Waals surface area contributed by atoms with Gasteiger partial charge in [0.1, 0.15) is 4.21 Å². The van der Waals surface area contributed by atoms with Crippen LogP contribution in [-0.2, 0) is 19.6 Å². The van der Waals surface area contributed by atoms with Gasteiger partial charge in [-0.15, -0.1) is 11.3 Å². The summed E-state index contributed by atoms with van der Waals surface area (Å²) in [5.41, 5.74) is 1.61. The smallest absolute Gasteiger partial charge is 0.338 e. The van der Waals surface area contributed by atoms with Crippen LogP contribution in [0.5, 0.6) is 0 Å². The van der Waals surface area contributed by atoms with Crippen molar-refractivity contribution in [1.29, 1.82) is 0 Å². The van der Waals surface area contributed by atoms with E-state index < -0.39 is 28.1 Å². The van der Waals surface area contributed by atoms with E-state index in [1.165, 1.54) is 15.6 Å². The number of esters is 1. The van der Waals surface area contributed by atoms with Crippen molar-refractivity contribution >= 4 is 33.4 Å². The van der Waals surface area contributed by atoms with E-state index in [4.69, 9.17) is 4.74 Å². The van der Waals surface area contributed by atoms with Crippen LogP contribution < -0.4 is 10.6 Å². The Kier molecular flexibility index (Phi) is 7.13. The van der Waals surface area contributed by atoms with E-state index in [0.717, 1.165) is 5.56 Å². The molecule has 176 valence electrons. The first-order valence-corrected chi connectivity index (χ1v) is 13.0. The Morgan fingerprint density at radius 1 is 1.12 bits per heavy atom. The molecule has 0 bridgehead atoms. The predicted molar refractivity (Wildman–Crippen MR) is 124 cm³/mol. The molecule has 1 saturated heterocycles. The molecule has 0 saturated carbocycles. The topological polar surface area (TPSA) is 108 Å². The number of hydrogen-bond acceptors (Lipinski definition) is 7. The highest BCUT2D eigenvalue weighted by Crippen LogP contribution is 2.28. The monoisotopic (exact) mass is 490 g/mol. The van der Waals surface area contributed by atoms with Crippen molar-refractivity contribution in [1.82, 2.24) is 19.8 Å². The number of thiophene rings is 1. The summed E-state index contributed by atoms with van der Waals surface area (Å²) < 4.78 is 32.7. The van der Waals surface area contributed by atoms with Gasteiger partial charge in [-0.1, -0.05) is 36.4 Å². The van der Waals surface area contributed by atoms with Crippen molar-refractivity contribution in [2.45, 2.75) is 17.2 Å². The third-order valence-electron chi connectivity index (χ3n) is 5.58. The maximum atomic E-state index is 12.9. The maximum Gasteiger partial charge on any atom is 0.338 e. The lowest BCUT2D eigenvalue weighted by Crippen LogP contribution is -2.52. The molecule has 1 fully saturated rings. The summed E-state index contributed by atoms with van der Waals surface area (Å²) in [5.74, 6) is -0.493. The number of ether oxygens (including phenoxy) is 1. The Hall–Kier alpha value is -2.73. The summed E-state index contributed by atoms with van der Waals surface area (Å²) in [6.07, 6.45) is 0. The van der Waals surface area contributed by atoms with E-state index in [2.05, 4.69) is 10.6 Å². The van der Waals surface area contributed by atoms with Gasteiger partial charge < -0.3 is 15.4 Å². The average molecular weight is 491 g/mol. The van der Waals surface area contributed by atoms with E-state index in [9.17, 15) is 18.0 Å². The van der Waals surface area contributed by atoms with Crippen LogP contribution in [0.3, 0.4) is 0 Å². The number of rotatable bonds is 7. The zero-order valence-corrected chi connectivity index (χ0v) is 19.8. The first-order valence-electron chi connectivity index (χ1n) is 10.7. The highest BCUT2D eigenvalue weighted by Gasteiger charge is 2.35. The molecule has 1 aromatic heterocycles. The fourth-order valence-corrected chi connectivity index (χ4v) is 6.54. The SMILES string of the molecule is CCOC(=O)C1=C(CN2CCN(S(=O)(=O)c3cccs3)CC2)NC(=O)NC1c1ccccc1. The molecule has 0 radical (unpaired) electrons. The quantitative estimate of drug-likeness (QED) is 0.574. The van der Waals surface area contributed by atoms with Gasteiger partial charge in [0, 0.05) is 38.4 Å². The summed E-state index contributed by atoms with van der Waals surface area (Å²) >= 11 is 1.20. The molecule has 0 aliphatic carbocycles. The van der Waals surface area contributed by atoms with Crippen molar-refractivity contribution in [3.63, 3.8) is 0 Å². The molecule has 33 heavy (non-hydrogen) atoms. The number of piperazine rings is 1. The molecule has 1 aromatic carbocycles. The van der Waals surface area contributed by atoms with Crippen molar-refractivity contribution in [3.8, 4) is 0 Å². The lowest BCUT2D eigenvalue weighted by molar-refractivity contribution is -0.139. The molecule has 9 nitrogen and oxygen atoms in total. The second-order valence-corrected chi connectivity index (χ2v) is 10.8. The highest BCUT2D eigenvalue weighted by molar-refractivity contribution is 7.91. The molecular formula is C22H26N4O5S2. The number of nitrogens with zero attached hydrogens (tertiary/aromatic N) is 2. The molecular weight excluding hydrogens is 464 g/mol. The van der Waals surface area contributed by atoms with Crippen LogP contribution in [0.15, 0.2) is 63.3 Å². The van der Waals surface area contributed by atoms with Crippen molar-refractivity contribution in [2.75, 3.05) is 39.3 Å². The molecule has 11 heteroatoms. The third-order valence-corrected chi connectivity index (χ3v) is 8.86. The Morgan fingerprint density at radius 2 is 1.85 bits per heavy atom. The average Bonchev–Trinajstić information content (AvgIpc) is 3.36. The van der Waals surface area contributed by atoms with Gasteiger partial charge in [0.25, 0.3) is 10.0 Å². The Morgan fingerprint density at radius 3 is 2.48 bits per heavy atom. The molecule has 2 amide bonds. The van der Waals surface area contributed by atoms with Crippen LogP contribution >= 0.6 is 11.3 Å². The van der Waals surface area contributed by atoms with Crippen LogP contribution in [0.1, 0.15) is 18.5 Å². The van der Waals surface area contributed by atoms with Gasteiger partial charge in [-0.3, -0.25) is 4.90 Å². The minimum absolute atomic E-state index is 0.213. The van der Waals surface area contributed by atoms with E-state index >= 15 is 0 Å². The maximum absolute atomic E-state index is 12.9. The second-order valence-electron chi connectivity index (χ2n) is 7.67. The summed E-state index contributed by atoms with van der Waals surface area (Å²) in [6, 6.07) is 11.6. The predicted octanol–water partition coefficient (Wildman–Crippen LogP) is 1.93. The van der Waals surface area contributed by atoms with E-state index in [0.29, 0.717) is 48.2 Å². The number of amides is 2. The number of carbonyl (C=O) groups excluding carboxylic acids is 2. The van der Waals surface area contributed by atoms with Gasteiger partial charge in [0.05, 0.1) is 18.2 Å². The number of hydrogen-bond donors (Lipinski definition) is 2. The van der Waals surface area contributed by atoms with Crippen molar-refractivity contribution < 1.29 is 22.7 Å². The van der Waals surface area contributed by atoms with Crippen molar-refractivity contribution in [3.05, 3.63) is 64.7 Å². The first kappa shape index (κ1) is 23.4. The Bertz CT molecular complexity index is 1120. The lowest BCUT2D eigenvalue weighted by Gasteiger charge is -2.36. The second kappa shape index (κ2) is 10.0. The number of nitrogens with one attached hydrogen (secondary N) is 2.